The average Bonchev–Trinajstić information content (AvgIpc) is 3.44. The molecule has 0 saturated carbocycles. The van der Waals surface area contributed by atoms with Crippen molar-refractivity contribution in [1.82, 2.24) is 20.6 Å². The molecule has 0 radical (unpaired) electrons. The van der Waals surface area contributed by atoms with Crippen LogP contribution in [-0.4, -0.2) is 43.3 Å². The lowest BCUT2D eigenvalue weighted by atomic mass is 9.88. The summed E-state index contributed by atoms with van der Waals surface area (Å²) in [6, 6.07) is 16.8. The van der Waals surface area contributed by atoms with Gasteiger partial charge in [0.1, 0.15) is 5.75 Å². The van der Waals surface area contributed by atoms with Gasteiger partial charge in [-0.05, 0) is 154 Å². The van der Waals surface area contributed by atoms with Gasteiger partial charge in [-0.1, -0.05) is 67.3 Å². The molecule has 0 amide bonds. The third-order valence-electron chi connectivity index (χ3n) is 10.3. The molecule has 2 aliphatic carbocycles. The van der Waals surface area contributed by atoms with Crippen molar-refractivity contribution >= 4 is 34.3 Å². The van der Waals surface area contributed by atoms with E-state index in [-0.39, 0.29) is 0 Å². The number of halogens is 2. The quantitative estimate of drug-likeness (QED) is 0.217. The van der Waals surface area contributed by atoms with Crippen molar-refractivity contribution < 1.29 is 4.74 Å². The fraction of sp³-hybridized carbons (Fsp3) is 0.395. The van der Waals surface area contributed by atoms with Crippen molar-refractivity contribution in [1.29, 1.82) is 0 Å². The lowest BCUT2D eigenvalue weighted by Crippen LogP contribution is -2.24. The molecule has 4 heterocycles. The minimum atomic E-state index is 0.800. The minimum absolute atomic E-state index is 0.800. The largest absolute Gasteiger partial charge is 0.496 e. The number of piperidine rings is 2. The van der Waals surface area contributed by atoms with Crippen LogP contribution in [0, 0.1) is 0 Å². The zero-order chi connectivity index (χ0) is 35.0. The van der Waals surface area contributed by atoms with E-state index in [1.165, 1.54) is 61.4 Å². The van der Waals surface area contributed by atoms with Gasteiger partial charge in [0.25, 0.3) is 0 Å². The molecular formula is C43H50Cl2N4O. The van der Waals surface area contributed by atoms with Crippen LogP contribution in [0.15, 0.2) is 72.1 Å². The topological polar surface area (TPSA) is 59.1 Å². The first-order valence-corrected chi connectivity index (χ1v) is 19.2. The lowest BCUT2D eigenvalue weighted by Gasteiger charge is -2.22. The molecule has 2 fully saturated rings. The number of ether oxygens (including phenoxy) is 1. The van der Waals surface area contributed by atoms with Crippen LogP contribution in [0.4, 0.5) is 0 Å². The van der Waals surface area contributed by atoms with E-state index in [0.717, 1.165) is 105 Å². The zero-order valence-corrected chi connectivity index (χ0v) is 31.5. The van der Waals surface area contributed by atoms with E-state index in [4.69, 9.17) is 37.9 Å². The number of hydrogen-bond donors (Lipinski definition) is 2. The van der Waals surface area contributed by atoms with Gasteiger partial charge >= 0.3 is 0 Å². The van der Waals surface area contributed by atoms with Gasteiger partial charge in [0.15, 0.2) is 0 Å². The summed E-state index contributed by atoms with van der Waals surface area (Å²) in [5.41, 5.74) is 17.4. The van der Waals surface area contributed by atoms with Crippen molar-refractivity contribution in [3.63, 3.8) is 0 Å². The molecule has 0 spiro atoms. The molecule has 0 unspecified atom stereocenters. The highest BCUT2D eigenvalue weighted by molar-refractivity contribution is 6.31. The number of fused-ring (bicyclic) bond motifs is 4. The maximum atomic E-state index is 6.29. The average molecular weight is 710 g/mol. The molecular weight excluding hydrogens is 659 g/mol. The molecule has 2 aromatic heterocycles. The Morgan fingerprint density at radius 3 is 1.60 bits per heavy atom. The van der Waals surface area contributed by atoms with Gasteiger partial charge in [-0.25, -0.2) is 0 Å². The molecule has 4 aliphatic rings. The van der Waals surface area contributed by atoms with E-state index in [1.807, 2.05) is 44.4 Å². The number of pyridine rings is 2. The first-order valence-electron chi connectivity index (χ1n) is 18.5. The molecule has 2 aliphatic heterocycles. The molecule has 50 heavy (non-hydrogen) atoms. The molecule has 7 heteroatoms. The second-order valence-electron chi connectivity index (χ2n) is 13.1. The molecule has 0 bridgehead atoms. The second-order valence-corrected chi connectivity index (χ2v) is 13.9. The van der Waals surface area contributed by atoms with E-state index in [1.54, 1.807) is 12.7 Å². The maximum absolute atomic E-state index is 6.29. The van der Waals surface area contributed by atoms with Gasteiger partial charge in [0.2, 0.25) is 0 Å². The first kappa shape index (κ1) is 36.3. The van der Waals surface area contributed by atoms with Crippen LogP contribution in [0.2, 0.25) is 10.0 Å². The van der Waals surface area contributed by atoms with Crippen molar-refractivity contribution in [2.45, 2.75) is 78.6 Å². The van der Waals surface area contributed by atoms with Crippen molar-refractivity contribution in [3.8, 4) is 5.75 Å². The Balaban J connectivity index is 0.000000165. The van der Waals surface area contributed by atoms with Crippen LogP contribution in [0.3, 0.4) is 0 Å². The van der Waals surface area contributed by atoms with E-state index in [9.17, 15) is 0 Å². The SMILES string of the molecule is CC.CCc1ccnc2c1CCc1cc(Cl)ccc1C2=C1CCNCC1.COc1ccnc2c1CCc1cc(Cl)ccc1C2=C1CCNCC1. The highest BCUT2D eigenvalue weighted by Crippen LogP contribution is 2.41. The Bertz CT molecular complexity index is 1740. The summed E-state index contributed by atoms with van der Waals surface area (Å²) in [5.74, 6) is 0.936. The van der Waals surface area contributed by atoms with E-state index < -0.39 is 0 Å². The van der Waals surface area contributed by atoms with Gasteiger partial charge in [0, 0.05) is 39.1 Å². The number of hydrogen-bond acceptors (Lipinski definition) is 5. The summed E-state index contributed by atoms with van der Waals surface area (Å²) >= 11 is 12.6. The second kappa shape index (κ2) is 17.2. The van der Waals surface area contributed by atoms with E-state index in [2.05, 4.69) is 47.9 Å². The summed E-state index contributed by atoms with van der Waals surface area (Å²) in [7, 11) is 1.74. The van der Waals surface area contributed by atoms with Crippen molar-refractivity contribution in [2.24, 2.45) is 0 Å². The highest BCUT2D eigenvalue weighted by Gasteiger charge is 2.27. The third-order valence-corrected chi connectivity index (χ3v) is 10.8. The molecule has 2 aromatic carbocycles. The van der Waals surface area contributed by atoms with Crippen molar-refractivity contribution in [2.75, 3.05) is 33.3 Å². The summed E-state index contributed by atoms with van der Waals surface area (Å²) in [4.78, 5) is 9.63. The van der Waals surface area contributed by atoms with E-state index in [0.29, 0.717) is 0 Å². The standard InChI is InChI=1S/C21H23ClN2.C20H21ClN2O.C2H6/c1-2-14-9-12-24-21-19(14)5-3-16-13-17(22)4-6-18(16)20(21)15-7-10-23-11-8-15;1-24-18-8-11-23-20-17(18)4-2-14-12-15(21)3-5-16(14)19(20)13-6-9-22-10-7-13;1-2/h4,6,9,12-13,23H,2-3,5,7-8,10-11H2,1H3;3,5,8,11-12,22H,2,4,6-7,9-10H2,1H3;1-2H3. The summed E-state index contributed by atoms with van der Waals surface area (Å²) < 4.78 is 5.63. The summed E-state index contributed by atoms with van der Waals surface area (Å²) in [6.07, 6.45) is 13.2. The highest BCUT2D eigenvalue weighted by atomic mass is 35.5. The van der Waals surface area contributed by atoms with Gasteiger partial charge in [-0.3, -0.25) is 9.97 Å². The lowest BCUT2D eigenvalue weighted by molar-refractivity contribution is 0.408. The normalized spacial score (nSPS) is 16.6. The fourth-order valence-electron chi connectivity index (χ4n) is 7.95. The molecule has 2 saturated heterocycles. The third kappa shape index (κ3) is 7.72. The number of aromatic nitrogens is 2. The number of nitrogens with zero attached hydrogens (tertiary/aromatic N) is 2. The van der Waals surface area contributed by atoms with Gasteiger partial charge in [-0.2, -0.15) is 0 Å². The Hall–Kier alpha value is -3.48. The smallest absolute Gasteiger partial charge is 0.125 e. The maximum Gasteiger partial charge on any atom is 0.125 e. The predicted octanol–water partition coefficient (Wildman–Crippen LogP) is 9.64. The fourth-order valence-corrected chi connectivity index (χ4v) is 8.34. The molecule has 8 rings (SSSR count). The van der Waals surface area contributed by atoms with Crippen LogP contribution >= 0.6 is 23.2 Å². The molecule has 5 nitrogen and oxygen atoms in total. The monoisotopic (exact) mass is 708 g/mol. The number of benzene rings is 2. The van der Waals surface area contributed by atoms with Gasteiger partial charge in [0.05, 0.1) is 18.5 Å². The van der Waals surface area contributed by atoms with Gasteiger partial charge < -0.3 is 15.4 Å². The Morgan fingerprint density at radius 1 is 0.620 bits per heavy atom. The van der Waals surface area contributed by atoms with Crippen LogP contribution < -0.4 is 15.4 Å². The molecule has 2 N–H and O–H groups in total. The summed E-state index contributed by atoms with van der Waals surface area (Å²) in [5, 5.41) is 8.55. The van der Waals surface area contributed by atoms with Crippen LogP contribution in [0.5, 0.6) is 5.75 Å². The Kier molecular flexibility index (Phi) is 12.5. The number of rotatable bonds is 2. The van der Waals surface area contributed by atoms with Gasteiger partial charge in [-0.15, -0.1) is 0 Å². The Labute approximate surface area is 308 Å². The summed E-state index contributed by atoms with van der Waals surface area (Å²) in [6.45, 7) is 10.4. The molecule has 0 atom stereocenters. The first-order chi connectivity index (χ1) is 24.6. The van der Waals surface area contributed by atoms with E-state index >= 15 is 0 Å². The number of methoxy groups -OCH3 is 1. The van der Waals surface area contributed by atoms with Crippen LogP contribution in [-0.2, 0) is 32.1 Å². The number of aryl methyl sites for hydroxylation is 3. The van der Waals surface area contributed by atoms with Crippen LogP contribution in [0.25, 0.3) is 11.1 Å². The van der Waals surface area contributed by atoms with Crippen LogP contribution in [0.1, 0.15) is 96.8 Å². The molecule has 262 valence electrons. The minimum Gasteiger partial charge on any atom is -0.496 e. The Morgan fingerprint density at radius 2 is 1.10 bits per heavy atom. The molecule has 4 aromatic rings. The predicted molar refractivity (Wildman–Crippen MR) is 210 cm³/mol. The van der Waals surface area contributed by atoms with Crippen molar-refractivity contribution in [3.05, 3.63) is 132 Å². The number of nitrogens with one attached hydrogen (secondary N) is 2. The zero-order valence-electron chi connectivity index (χ0n) is 30.0.